The summed E-state index contributed by atoms with van der Waals surface area (Å²) in [5, 5.41) is 20.2. The number of amides is 1. The molecule has 0 saturated heterocycles. The average Bonchev–Trinajstić information content (AvgIpc) is 2.34. The van der Waals surface area contributed by atoms with Crippen LogP contribution in [-0.4, -0.2) is 28.1 Å². The summed E-state index contributed by atoms with van der Waals surface area (Å²) in [5.41, 5.74) is 6.36. The first kappa shape index (κ1) is 14.0. The topological polar surface area (TPSA) is 113 Å². The summed E-state index contributed by atoms with van der Waals surface area (Å²) in [6, 6.07) is 5.58. The third-order valence-corrected chi connectivity index (χ3v) is 2.41. The first-order valence-corrected chi connectivity index (χ1v) is 5.52. The first-order chi connectivity index (χ1) is 8.49. The maximum atomic E-state index is 11.5. The normalized spacial score (nSPS) is 11.8. The molecule has 0 aliphatic carbocycles. The van der Waals surface area contributed by atoms with Gasteiger partial charge in [0.25, 0.3) is 0 Å². The van der Waals surface area contributed by atoms with E-state index in [0.717, 1.165) is 5.56 Å². The van der Waals surface area contributed by atoms with Crippen LogP contribution in [0.25, 0.3) is 0 Å². The van der Waals surface area contributed by atoms with Crippen LogP contribution in [0.1, 0.15) is 18.4 Å². The number of carbonyl (C=O) groups is 2. The lowest BCUT2D eigenvalue weighted by molar-refractivity contribution is -0.137. The number of hydrogen-bond donors (Lipinski definition) is 4. The molecule has 1 amide bonds. The van der Waals surface area contributed by atoms with Crippen LogP contribution in [0.2, 0.25) is 0 Å². The molecular weight excluding hydrogens is 236 g/mol. The van der Waals surface area contributed by atoms with Crippen LogP contribution in [0.5, 0.6) is 5.75 Å². The Hall–Kier alpha value is -2.08. The van der Waals surface area contributed by atoms with E-state index in [1.54, 1.807) is 12.1 Å². The standard InChI is InChI=1S/C12H16N2O4/c13-10(5-6-11(16)17)12(18)14-7-8-1-3-9(15)4-2-8/h1-4,10,15H,5-7,13H2,(H,14,18)(H,16,17). The monoisotopic (exact) mass is 252 g/mol. The van der Waals surface area contributed by atoms with Crippen LogP contribution in [0.15, 0.2) is 24.3 Å². The number of hydrogen-bond acceptors (Lipinski definition) is 4. The Morgan fingerprint density at radius 2 is 1.89 bits per heavy atom. The number of carbonyl (C=O) groups excluding carboxylic acids is 1. The SMILES string of the molecule is NC(CCC(=O)O)C(=O)NCc1ccc(O)cc1. The lowest BCUT2D eigenvalue weighted by Gasteiger charge is -2.11. The van der Waals surface area contributed by atoms with E-state index in [-0.39, 0.29) is 24.5 Å². The summed E-state index contributed by atoms with van der Waals surface area (Å²) in [6.45, 7) is 0.292. The molecule has 0 bridgehead atoms. The predicted molar refractivity (Wildman–Crippen MR) is 64.8 cm³/mol. The third-order valence-electron chi connectivity index (χ3n) is 2.41. The Morgan fingerprint density at radius 1 is 1.28 bits per heavy atom. The number of phenolic OH excluding ortho intramolecular Hbond substituents is 1. The van der Waals surface area contributed by atoms with Crippen molar-refractivity contribution in [3.63, 3.8) is 0 Å². The number of nitrogens with one attached hydrogen (secondary N) is 1. The van der Waals surface area contributed by atoms with Gasteiger partial charge in [0.05, 0.1) is 6.04 Å². The molecule has 1 unspecified atom stereocenters. The van der Waals surface area contributed by atoms with Gasteiger partial charge in [-0.25, -0.2) is 0 Å². The number of benzene rings is 1. The van der Waals surface area contributed by atoms with E-state index >= 15 is 0 Å². The van der Waals surface area contributed by atoms with Crippen molar-refractivity contribution in [3.8, 4) is 5.75 Å². The van der Waals surface area contributed by atoms with Gasteiger partial charge in [0, 0.05) is 13.0 Å². The molecule has 0 aromatic heterocycles. The quantitative estimate of drug-likeness (QED) is 0.577. The summed E-state index contributed by atoms with van der Waals surface area (Å²) in [7, 11) is 0. The van der Waals surface area contributed by atoms with Crippen LogP contribution >= 0.6 is 0 Å². The Morgan fingerprint density at radius 3 is 2.44 bits per heavy atom. The minimum Gasteiger partial charge on any atom is -0.508 e. The van der Waals surface area contributed by atoms with Crippen LogP contribution in [0.3, 0.4) is 0 Å². The average molecular weight is 252 g/mol. The molecule has 0 aliphatic rings. The van der Waals surface area contributed by atoms with Crippen molar-refractivity contribution in [2.24, 2.45) is 5.73 Å². The lowest BCUT2D eigenvalue weighted by atomic mass is 10.1. The summed E-state index contributed by atoms with van der Waals surface area (Å²) in [6.07, 6.45) is -0.0233. The van der Waals surface area contributed by atoms with E-state index in [4.69, 9.17) is 15.9 Å². The maximum Gasteiger partial charge on any atom is 0.303 e. The minimum absolute atomic E-state index is 0.108. The van der Waals surface area contributed by atoms with E-state index in [0.29, 0.717) is 6.54 Å². The number of phenols is 1. The zero-order chi connectivity index (χ0) is 13.5. The Bertz CT molecular complexity index is 417. The van der Waals surface area contributed by atoms with E-state index in [1.165, 1.54) is 12.1 Å². The maximum absolute atomic E-state index is 11.5. The van der Waals surface area contributed by atoms with Gasteiger partial charge >= 0.3 is 5.97 Å². The molecule has 0 saturated carbocycles. The van der Waals surface area contributed by atoms with Gasteiger partial charge in [-0.05, 0) is 24.1 Å². The summed E-state index contributed by atoms with van der Waals surface area (Å²) in [5.74, 6) is -1.20. The van der Waals surface area contributed by atoms with Crippen molar-refractivity contribution >= 4 is 11.9 Å². The Balaban J connectivity index is 2.36. The molecule has 18 heavy (non-hydrogen) atoms. The highest BCUT2D eigenvalue weighted by atomic mass is 16.4. The number of aromatic hydroxyl groups is 1. The van der Waals surface area contributed by atoms with Gasteiger partial charge in [-0.2, -0.15) is 0 Å². The van der Waals surface area contributed by atoms with Gasteiger partial charge < -0.3 is 21.3 Å². The van der Waals surface area contributed by atoms with Crippen molar-refractivity contribution in [2.45, 2.75) is 25.4 Å². The summed E-state index contributed by atoms with van der Waals surface area (Å²) < 4.78 is 0. The zero-order valence-corrected chi connectivity index (χ0v) is 9.80. The summed E-state index contributed by atoms with van der Waals surface area (Å²) in [4.78, 5) is 21.8. The zero-order valence-electron chi connectivity index (χ0n) is 9.80. The molecule has 1 rings (SSSR count). The smallest absolute Gasteiger partial charge is 0.303 e. The van der Waals surface area contributed by atoms with E-state index in [2.05, 4.69) is 5.32 Å². The molecule has 6 heteroatoms. The largest absolute Gasteiger partial charge is 0.508 e. The Kier molecular flexibility index (Phi) is 5.13. The third kappa shape index (κ3) is 4.84. The molecule has 1 atom stereocenters. The fraction of sp³-hybridized carbons (Fsp3) is 0.333. The predicted octanol–water partition coefficient (Wildman–Crippen LogP) is 0.201. The lowest BCUT2D eigenvalue weighted by Crippen LogP contribution is -2.40. The number of rotatable bonds is 6. The van der Waals surface area contributed by atoms with E-state index < -0.39 is 12.0 Å². The molecule has 5 N–H and O–H groups in total. The van der Waals surface area contributed by atoms with Gasteiger partial charge in [0.1, 0.15) is 5.75 Å². The van der Waals surface area contributed by atoms with Crippen molar-refractivity contribution in [1.29, 1.82) is 0 Å². The molecule has 0 fully saturated rings. The van der Waals surface area contributed by atoms with Crippen LogP contribution in [0.4, 0.5) is 0 Å². The second-order valence-electron chi connectivity index (χ2n) is 3.92. The number of aliphatic carboxylic acids is 1. The number of carboxylic acid groups (broad SMARTS) is 1. The summed E-state index contributed by atoms with van der Waals surface area (Å²) >= 11 is 0. The second-order valence-corrected chi connectivity index (χ2v) is 3.92. The van der Waals surface area contributed by atoms with Gasteiger partial charge in [-0.15, -0.1) is 0 Å². The molecular formula is C12H16N2O4. The fourth-order valence-corrected chi connectivity index (χ4v) is 1.34. The van der Waals surface area contributed by atoms with E-state index in [1.807, 2.05) is 0 Å². The Labute approximate surface area is 104 Å². The van der Waals surface area contributed by atoms with Crippen molar-refractivity contribution in [3.05, 3.63) is 29.8 Å². The van der Waals surface area contributed by atoms with Gasteiger partial charge in [-0.3, -0.25) is 9.59 Å². The minimum atomic E-state index is -0.975. The molecule has 6 nitrogen and oxygen atoms in total. The molecule has 0 heterocycles. The molecule has 0 radical (unpaired) electrons. The second kappa shape index (κ2) is 6.61. The van der Waals surface area contributed by atoms with Crippen molar-refractivity contribution in [1.82, 2.24) is 5.32 Å². The molecule has 98 valence electrons. The highest BCUT2D eigenvalue weighted by Gasteiger charge is 2.14. The molecule has 0 spiro atoms. The highest BCUT2D eigenvalue weighted by Crippen LogP contribution is 2.09. The van der Waals surface area contributed by atoms with Crippen molar-refractivity contribution < 1.29 is 19.8 Å². The first-order valence-electron chi connectivity index (χ1n) is 5.52. The van der Waals surface area contributed by atoms with Crippen LogP contribution in [0, 0.1) is 0 Å². The van der Waals surface area contributed by atoms with Gasteiger partial charge in [0.15, 0.2) is 0 Å². The number of carboxylic acids is 1. The van der Waals surface area contributed by atoms with Crippen LogP contribution in [-0.2, 0) is 16.1 Å². The van der Waals surface area contributed by atoms with Crippen LogP contribution < -0.4 is 11.1 Å². The molecule has 1 aromatic rings. The molecule has 0 aliphatic heterocycles. The number of nitrogens with two attached hydrogens (primary N) is 1. The highest BCUT2D eigenvalue weighted by molar-refractivity contribution is 5.82. The fourth-order valence-electron chi connectivity index (χ4n) is 1.34. The molecule has 1 aromatic carbocycles. The van der Waals surface area contributed by atoms with Gasteiger partial charge in [0.2, 0.25) is 5.91 Å². The van der Waals surface area contributed by atoms with Crippen molar-refractivity contribution in [2.75, 3.05) is 0 Å². The van der Waals surface area contributed by atoms with E-state index in [9.17, 15) is 9.59 Å². The van der Waals surface area contributed by atoms with Gasteiger partial charge in [-0.1, -0.05) is 12.1 Å².